The summed E-state index contributed by atoms with van der Waals surface area (Å²) < 4.78 is 1.96. The van der Waals surface area contributed by atoms with Gasteiger partial charge in [-0.3, -0.25) is 4.79 Å². The van der Waals surface area contributed by atoms with Crippen molar-refractivity contribution in [1.82, 2.24) is 20.2 Å². The molecule has 0 radical (unpaired) electrons. The Morgan fingerprint density at radius 1 is 1.60 bits per heavy atom. The van der Waals surface area contributed by atoms with Crippen LogP contribution in [0.2, 0.25) is 0 Å². The van der Waals surface area contributed by atoms with E-state index in [9.17, 15) is 4.79 Å². The van der Waals surface area contributed by atoms with Gasteiger partial charge in [0.1, 0.15) is 0 Å². The summed E-state index contributed by atoms with van der Waals surface area (Å²) in [5, 5.41) is 5.95. The van der Waals surface area contributed by atoms with Crippen LogP contribution in [0.5, 0.6) is 0 Å². The summed E-state index contributed by atoms with van der Waals surface area (Å²) >= 11 is 0. The molecule has 0 fully saturated rings. The first kappa shape index (κ1) is 11.7. The number of aromatic nitrogens is 2. The van der Waals surface area contributed by atoms with E-state index in [4.69, 9.17) is 0 Å². The van der Waals surface area contributed by atoms with E-state index in [0.29, 0.717) is 19.5 Å². The topological polar surface area (TPSA) is 59.0 Å². The molecular formula is C10H18N4O. The number of hydrogen-bond donors (Lipinski definition) is 2. The minimum absolute atomic E-state index is 0.0926. The Hall–Kier alpha value is -1.36. The van der Waals surface area contributed by atoms with E-state index >= 15 is 0 Å². The first-order valence-corrected chi connectivity index (χ1v) is 5.16. The van der Waals surface area contributed by atoms with Crippen LogP contribution in [-0.2, 0) is 18.4 Å². The van der Waals surface area contributed by atoms with Gasteiger partial charge in [-0.05, 0) is 6.92 Å². The first-order valence-electron chi connectivity index (χ1n) is 5.16. The average molecular weight is 210 g/mol. The number of hydrogen-bond acceptors (Lipinski definition) is 3. The maximum atomic E-state index is 11.1. The summed E-state index contributed by atoms with van der Waals surface area (Å²) in [5.74, 6) is 0.0926. The van der Waals surface area contributed by atoms with Gasteiger partial charge in [0, 0.05) is 39.3 Å². The van der Waals surface area contributed by atoms with Crippen molar-refractivity contribution < 1.29 is 4.79 Å². The van der Waals surface area contributed by atoms with E-state index in [1.807, 2.05) is 24.7 Å². The highest BCUT2D eigenvalue weighted by Gasteiger charge is 2.00. The van der Waals surface area contributed by atoms with Crippen LogP contribution in [-0.4, -0.2) is 28.5 Å². The minimum Gasteiger partial charge on any atom is -0.356 e. The molecule has 5 nitrogen and oxygen atoms in total. The largest absolute Gasteiger partial charge is 0.356 e. The molecule has 0 bridgehead atoms. The molecule has 0 spiro atoms. The maximum Gasteiger partial charge on any atom is 0.221 e. The number of amides is 1. The highest BCUT2D eigenvalue weighted by Crippen LogP contribution is 1.94. The molecule has 5 heteroatoms. The standard InChI is InChI=1S/C10H18N4O/c1-3-13-10(15)4-5-11-6-9-7-12-8-14(9)2/h7-8,11H,3-6H2,1-2H3,(H,13,15). The monoisotopic (exact) mass is 210 g/mol. The Balaban J connectivity index is 2.12. The van der Waals surface area contributed by atoms with E-state index in [1.165, 1.54) is 0 Å². The van der Waals surface area contributed by atoms with Crippen molar-refractivity contribution in [3.05, 3.63) is 18.2 Å². The predicted molar refractivity (Wildman–Crippen MR) is 58.2 cm³/mol. The van der Waals surface area contributed by atoms with Crippen molar-refractivity contribution in [2.75, 3.05) is 13.1 Å². The van der Waals surface area contributed by atoms with Gasteiger partial charge >= 0.3 is 0 Å². The second-order valence-corrected chi connectivity index (χ2v) is 3.38. The molecule has 0 saturated carbocycles. The van der Waals surface area contributed by atoms with Crippen molar-refractivity contribution in [1.29, 1.82) is 0 Å². The van der Waals surface area contributed by atoms with Crippen molar-refractivity contribution in [2.45, 2.75) is 19.9 Å². The SMILES string of the molecule is CCNC(=O)CCNCc1cncn1C. The Kier molecular flexibility index (Phi) is 4.83. The van der Waals surface area contributed by atoms with E-state index in [2.05, 4.69) is 15.6 Å². The van der Waals surface area contributed by atoms with E-state index in [0.717, 1.165) is 12.2 Å². The van der Waals surface area contributed by atoms with Gasteiger partial charge in [0.05, 0.1) is 12.0 Å². The lowest BCUT2D eigenvalue weighted by molar-refractivity contribution is -0.120. The van der Waals surface area contributed by atoms with Gasteiger partial charge < -0.3 is 15.2 Å². The molecule has 0 atom stereocenters. The van der Waals surface area contributed by atoms with Crippen LogP contribution in [0.15, 0.2) is 12.5 Å². The number of rotatable bonds is 6. The van der Waals surface area contributed by atoms with E-state index in [1.54, 1.807) is 6.33 Å². The third-order valence-corrected chi connectivity index (χ3v) is 2.13. The molecule has 1 heterocycles. The van der Waals surface area contributed by atoms with Crippen molar-refractivity contribution in [3.8, 4) is 0 Å². The molecule has 15 heavy (non-hydrogen) atoms. The van der Waals surface area contributed by atoms with Crippen LogP contribution >= 0.6 is 0 Å². The van der Waals surface area contributed by atoms with Crippen LogP contribution in [0.25, 0.3) is 0 Å². The zero-order chi connectivity index (χ0) is 11.1. The molecule has 1 aromatic rings. The van der Waals surface area contributed by atoms with Gasteiger partial charge in [0.25, 0.3) is 0 Å². The van der Waals surface area contributed by atoms with Gasteiger partial charge in [-0.1, -0.05) is 0 Å². The highest BCUT2D eigenvalue weighted by atomic mass is 16.1. The number of imidazole rings is 1. The Bertz CT molecular complexity index is 308. The maximum absolute atomic E-state index is 11.1. The van der Waals surface area contributed by atoms with Gasteiger partial charge in [0.2, 0.25) is 5.91 Å². The Labute approximate surface area is 89.9 Å². The summed E-state index contributed by atoms with van der Waals surface area (Å²) in [6.07, 6.45) is 4.10. The number of carbonyl (C=O) groups excluding carboxylic acids is 1. The zero-order valence-electron chi connectivity index (χ0n) is 9.29. The summed E-state index contributed by atoms with van der Waals surface area (Å²) in [4.78, 5) is 15.1. The van der Waals surface area contributed by atoms with E-state index in [-0.39, 0.29) is 5.91 Å². The van der Waals surface area contributed by atoms with Crippen LogP contribution in [0.3, 0.4) is 0 Å². The molecule has 84 valence electrons. The molecule has 1 amide bonds. The van der Waals surface area contributed by atoms with Gasteiger partial charge in [-0.15, -0.1) is 0 Å². The Morgan fingerprint density at radius 3 is 3.00 bits per heavy atom. The van der Waals surface area contributed by atoms with Gasteiger partial charge in [0.15, 0.2) is 0 Å². The quantitative estimate of drug-likeness (QED) is 0.652. The van der Waals surface area contributed by atoms with Crippen LogP contribution < -0.4 is 10.6 Å². The fourth-order valence-electron chi connectivity index (χ4n) is 1.26. The molecule has 2 N–H and O–H groups in total. The first-order chi connectivity index (χ1) is 7.24. The van der Waals surface area contributed by atoms with Crippen molar-refractivity contribution >= 4 is 5.91 Å². The lowest BCUT2D eigenvalue weighted by Crippen LogP contribution is -2.27. The molecule has 0 aliphatic carbocycles. The van der Waals surface area contributed by atoms with Crippen LogP contribution in [0.1, 0.15) is 19.0 Å². The average Bonchev–Trinajstić information content (AvgIpc) is 2.60. The van der Waals surface area contributed by atoms with Crippen LogP contribution in [0, 0.1) is 0 Å². The molecule has 0 saturated heterocycles. The van der Waals surface area contributed by atoms with Crippen molar-refractivity contribution in [2.24, 2.45) is 7.05 Å². The summed E-state index contributed by atoms with van der Waals surface area (Å²) in [7, 11) is 1.95. The van der Waals surface area contributed by atoms with E-state index < -0.39 is 0 Å². The van der Waals surface area contributed by atoms with Gasteiger partial charge in [-0.2, -0.15) is 0 Å². The summed E-state index contributed by atoms with van der Waals surface area (Å²) in [6.45, 7) is 4.05. The number of nitrogens with one attached hydrogen (secondary N) is 2. The molecule has 1 rings (SSSR count). The fraction of sp³-hybridized carbons (Fsp3) is 0.600. The lowest BCUT2D eigenvalue weighted by atomic mass is 10.3. The highest BCUT2D eigenvalue weighted by molar-refractivity contribution is 5.75. The Morgan fingerprint density at radius 2 is 2.40 bits per heavy atom. The smallest absolute Gasteiger partial charge is 0.221 e. The second kappa shape index (κ2) is 6.19. The third-order valence-electron chi connectivity index (χ3n) is 2.13. The normalized spacial score (nSPS) is 10.3. The van der Waals surface area contributed by atoms with Crippen molar-refractivity contribution in [3.63, 3.8) is 0 Å². The summed E-state index contributed by atoms with van der Waals surface area (Å²) in [6, 6.07) is 0. The van der Waals surface area contributed by atoms with Gasteiger partial charge in [-0.25, -0.2) is 4.98 Å². The zero-order valence-corrected chi connectivity index (χ0v) is 9.29. The van der Waals surface area contributed by atoms with Crippen LogP contribution in [0.4, 0.5) is 0 Å². The third kappa shape index (κ3) is 4.12. The molecule has 1 aromatic heterocycles. The molecule has 0 aliphatic rings. The minimum atomic E-state index is 0.0926. The fourth-order valence-corrected chi connectivity index (χ4v) is 1.26. The predicted octanol–water partition coefficient (Wildman–Crippen LogP) is 0.0359. The molecule has 0 aromatic carbocycles. The number of carbonyl (C=O) groups is 1. The number of aryl methyl sites for hydroxylation is 1. The molecule has 0 aliphatic heterocycles. The molecule has 0 unspecified atom stereocenters. The second-order valence-electron chi connectivity index (χ2n) is 3.38. The summed E-state index contributed by atoms with van der Waals surface area (Å²) in [5.41, 5.74) is 1.12. The lowest BCUT2D eigenvalue weighted by Gasteiger charge is -2.05. The number of nitrogens with zero attached hydrogens (tertiary/aromatic N) is 2. The molecular weight excluding hydrogens is 192 g/mol.